The summed E-state index contributed by atoms with van der Waals surface area (Å²) in [6, 6.07) is 8.42. The lowest BCUT2D eigenvalue weighted by atomic mass is 9.61. The van der Waals surface area contributed by atoms with Crippen LogP contribution in [0, 0.1) is 5.92 Å². The zero-order valence-corrected chi connectivity index (χ0v) is 16.8. The van der Waals surface area contributed by atoms with Crippen LogP contribution in [0.15, 0.2) is 36.4 Å². The van der Waals surface area contributed by atoms with Crippen molar-refractivity contribution in [3.8, 4) is 0 Å². The molecular weight excluding hydrogens is 432 g/mol. The van der Waals surface area contributed by atoms with E-state index in [2.05, 4.69) is 5.32 Å². The number of rotatable bonds is 2. The van der Waals surface area contributed by atoms with E-state index in [1.165, 1.54) is 12.1 Å². The van der Waals surface area contributed by atoms with E-state index in [1.807, 2.05) is 0 Å². The summed E-state index contributed by atoms with van der Waals surface area (Å²) < 4.78 is 74.2. The third-order valence-electron chi connectivity index (χ3n) is 6.98. The van der Waals surface area contributed by atoms with Crippen LogP contribution in [0.25, 0.3) is 0 Å². The van der Waals surface area contributed by atoms with E-state index in [1.54, 1.807) is 18.2 Å². The second kappa shape index (κ2) is 7.02. The Kier molecular flexibility index (Phi) is 4.69. The zero-order chi connectivity index (χ0) is 22.9. The van der Waals surface area contributed by atoms with Crippen LogP contribution in [-0.2, 0) is 27.6 Å². The smallest absolute Gasteiger partial charge is 0.423 e. The molecule has 2 aromatic rings. The van der Waals surface area contributed by atoms with E-state index >= 15 is 0 Å². The van der Waals surface area contributed by atoms with Crippen LogP contribution in [0.3, 0.4) is 0 Å². The number of amides is 1. The lowest BCUT2D eigenvalue weighted by molar-refractivity contribution is -0.136. The Labute approximate surface area is 180 Å². The van der Waals surface area contributed by atoms with Crippen molar-refractivity contribution in [2.45, 2.75) is 49.8 Å². The van der Waals surface area contributed by atoms with Gasteiger partial charge in [0.2, 0.25) is 11.8 Å². The summed E-state index contributed by atoms with van der Waals surface area (Å²) >= 11 is 0. The third-order valence-corrected chi connectivity index (χ3v) is 6.98. The van der Waals surface area contributed by atoms with Gasteiger partial charge in [-0.05, 0) is 47.0 Å². The molecule has 5 rings (SSSR count). The van der Waals surface area contributed by atoms with E-state index in [4.69, 9.17) is 4.65 Å². The second-order valence-electron chi connectivity index (χ2n) is 8.70. The molecule has 32 heavy (non-hydrogen) atoms. The van der Waals surface area contributed by atoms with Crippen molar-refractivity contribution in [1.82, 2.24) is 0 Å². The maximum absolute atomic E-state index is 13.9. The van der Waals surface area contributed by atoms with Crippen molar-refractivity contribution >= 4 is 24.2 Å². The molecule has 0 unspecified atom stereocenters. The maximum atomic E-state index is 13.9. The third kappa shape index (κ3) is 3.07. The number of para-hydroxylation sites is 1. The van der Waals surface area contributed by atoms with Gasteiger partial charge in [0.05, 0.1) is 17.9 Å². The van der Waals surface area contributed by atoms with Gasteiger partial charge in [-0.15, -0.1) is 0 Å². The van der Waals surface area contributed by atoms with E-state index in [-0.39, 0.29) is 30.7 Å². The molecule has 1 amide bonds. The van der Waals surface area contributed by atoms with E-state index in [0.717, 1.165) is 6.07 Å². The first kappa shape index (κ1) is 21.4. The quantitative estimate of drug-likeness (QED) is 0.537. The second-order valence-corrected chi connectivity index (χ2v) is 8.70. The molecule has 0 saturated heterocycles. The molecule has 0 bridgehead atoms. The minimum atomic E-state index is -4.69. The Hall–Kier alpha value is -2.46. The van der Waals surface area contributed by atoms with Crippen LogP contribution >= 0.6 is 0 Å². The van der Waals surface area contributed by atoms with Crippen LogP contribution in [0.4, 0.5) is 27.6 Å². The van der Waals surface area contributed by atoms with Gasteiger partial charge < -0.3 is 15.0 Å². The summed E-state index contributed by atoms with van der Waals surface area (Å²) in [5.74, 6) is -4.13. The number of hydrogen-bond donors (Lipinski definition) is 2. The summed E-state index contributed by atoms with van der Waals surface area (Å²) in [6.45, 7) is 0.0836. The highest BCUT2D eigenvalue weighted by Gasteiger charge is 2.57. The standard InChI is InChI=1S/C22H19BF5NO3/c24-20(25)8-6-13(7-9-20)21(14-4-5-17-12(10-14)11-32-23(17)31)15-2-1-3-16(22(26,27)28)18(15)29-19(21)30/h1-5,10,13,31H,6-9,11H2,(H,29,30)/t21-/m0/s1. The summed E-state index contributed by atoms with van der Waals surface area (Å²) in [5.41, 5.74) is -1.14. The molecule has 2 aromatic carbocycles. The van der Waals surface area contributed by atoms with Crippen molar-refractivity contribution in [2.24, 2.45) is 5.92 Å². The summed E-state index contributed by atoms with van der Waals surface area (Å²) in [6.07, 6.45) is -5.58. The zero-order valence-electron chi connectivity index (χ0n) is 16.8. The van der Waals surface area contributed by atoms with Crippen LogP contribution in [0.5, 0.6) is 0 Å². The molecule has 2 aliphatic heterocycles. The molecular formula is C22H19BF5NO3. The first-order valence-corrected chi connectivity index (χ1v) is 10.4. The van der Waals surface area contributed by atoms with E-state index in [9.17, 15) is 31.8 Å². The van der Waals surface area contributed by atoms with Gasteiger partial charge in [0.1, 0.15) is 5.41 Å². The van der Waals surface area contributed by atoms with Gasteiger partial charge in [-0.25, -0.2) is 8.78 Å². The van der Waals surface area contributed by atoms with Gasteiger partial charge in [-0.3, -0.25) is 4.79 Å². The van der Waals surface area contributed by atoms with Crippen LogP contribution in [0.2, 0.25) is 0 Å². The molecule has 168 valence electrons. The van der Waals surface area contributed by atoms with Crippen LogP contribution in [0.1, 0.15) is 47.9 Å². The number of anilines is 1. The van der Waals surface area contributed by atoms with Gasteiger partial charge in [-0.2, -0.15) is 13.2 Å². The maximum Gasteiger partial charge on any atom is 0.491 e. The Morgan fingerprint density at radius 1 is 1.12 bits per heavy atom. The molecule has 2 heterocycles. The largest absolute Gasteiger partial charge is 0.491 e. The minimum absolute atomic E-state index is 0.00762. The molecule has 2 N–H and O–H groups in total. The van der Waals surface area contributed by atoms with Crippen molar-refractivity contribution in [2.75, 3.05) is 5.32 Å². The molecule has 10 heteroatoms. The van der Waals surface area contributed by atoms with Crippen molar-refractivity contribution in [3.05, 3.63) is 58.7 Å². The number of carbonyl (C=O) groups excluding carboxylic acids is 1. The fourth-order valence-corrected chi connectivity index (χ4v) is 5.46. The van der Waals surface area contributed by atoms with Crippen molar-refractivity contribution in [1.29, 1.82) is 0 Å². The number of alkyl halides is 5. The lowest BCUT2D eigenvalue weighted by Crippen LogP contribution is -2.46. The SMILES string of the molecule is O=C1Nc2c(C(F)(F)F)cccc2[C@@]1(c1ccc2c(c1)COB2O)C1CCC(F)(F)CC1. The van der Waals surface area contributed by atoms with E-state index < -0.39 is 54.9 Å². The van der Waals surface area contributed by atoms with Crippen LogP contribution in [-0.4, -0.2) is 24.0 Å². The van der Waals surface area contributed by atoms with Crippen molar-refractivity contribution in [3.63, 3.8) is 0 Å². The van der Waals surface area contributed by atoms with Gasteiger partial charge in [-0.1, -0.05) is 30.3 Å². The first-order chi connectivity index (χ1) is 15.0. The Morgan fingerprint density at radius 2 is 1.84 bits per heavy atom. The molecule has 1 fully saturated rings. The molecule has 1 atom stereocenters. The lowest BCUT2D eigenvalue weighted by Gasteiger charge is -2.41. The monoisotopic (exact) mass is 451 g/mol. The van der Waals surface area contributed by atoms with Gasteiger partial charge >= 0.3 is 13.3 Å². The summed E-state index contributed by atoms with van der Waals surface area (Å²) in [7, 11) is -1.12. The average Bonchev–Trinajstić information content (AvgIpc) is 3.24. The summed E-state index contributed by atoms with van der Waals surface area (Å²) in [4.78, 5) is 13.5. The van der Waals surface area contributed by atoms with Gasteiger partial charge in [0.15, 0.2) is 0 Å². The van der Waals surface area contributed by atoms with Gasteiger partial charge in [0, 0.05) is 12.8 Å². The van der Waals surface area contributed by atoms with Crippen LogP contribution < -0.4 is 10.8 Å². The first-order valence-electron chi connectivity index (χ1n) is 10.4. The predicted molar refractivity (Wildman–Crippen MR) is 107 cm³/mol. The van der Waals surface area contributed by atoms with E-state index in [0.29, 0.717) is 16.6 Å². The normalized spacial score (nSPS) is 24.9. The number of carbonyl (C=O) groups is 1. The molecule has 3 aliphatic rings. The average molecular weight is 451 g/mol. The number of hydrogen-bond acceptors (Lipinski definition) is 3. The number of benzene rings is 2. The highest BCUT2D eigenvalue weighted by Crippen LogP contribution is 2.55. The predicted octanol–water partition coefficient (Wildman–Crippen LogP) is 3.99. The fraction of sp³-hybridized carbons (Fsp3) is 0.409. The Morgan fingerprint density at radius 3 is 2.53 bits per heavy atom. The topological polar surface area (TPSA) is 58.6 Å². The minimum Gasteiger partial charge on any atom is -0.423 e. The number of halogens is 5. The highest BCUT2D eigenvalue weighted by atomic mass is 19.4. The molecule has 0 spiro atoms. The molecule has 4 nitrogen and oxygen atoms in total. The number of nitrogens with one attached hydrogen (secondary N) is 1. The molecule has 1 saturated carbocycles. The number of fused-ring (bicyclic) bond motifs is 2. The Bertz CT molecular complexity index is 1100. The summed E-state index contributed by atoms with van der Waals surface area (Å²) in [5, 5.41) is 12.4. The highest BCUT2D eigenvalue weighted by molar-refractivity contribution is 6.61. The molecule has 0 radical (unpaired) electrons. The molecule has 0 aromatic heterocycles. The van der Waals surface area contributed by atoms with Crippen molar-refractivity contribution < 1.29 is 36.4 Å². The fourth-order valence-electron chi connectivity index (χ4n) is 5.46. The van der Waals surface area contributed by atoms with Gasteiger partial charge in [0.25, 0.3) is 0 Å². The Balaban J connectivity index is 1.73. The molecule has 1 aliphatic carbocycles.